The number of aromatic nitrogens is 4. The summed E-state index contributed by atoms with van der Waals surface area (Å²) >= 11 is 0. The van der Waals surface area contributed by atoms with Gasteiger partial charge in [-0.1, -0.05) is 0 Å². The highest BCUT2D eigenvalue weighted by Crippen LogP contribution is 2.39. The van der Waals surface area contributed by atoms with Crippen molar-refractivity contribution in [3.63, 3.8) is 0 Å². The van der Waals surface area contributed by atoms with Crippen molar-refractivity contribution in [1.29, 1.82) is 0 Å². The average Bonchev–Trinajstić information content (AvgIpc) is 3.83. The van der Waals surface area contributed by atoms with E-state index in [-0.39, 0.29) is 63.0 Å². The van der Waals surface area contributed by atoms with Gasteiger partial charge in [-0.05, 0) is 30.5 Å². The zero-order valence-corrected chi connectivity index (χ0v) is 25.2. The van der Waals surface area contributed by atoms with Crippen LogP contribution in [0.5, 0.6) is 23.4 Å². The van der Waals surface area contributed by atoms with Gasteiger partial charge in [0.15, 0.2) is 5.69 Å². The molecule has 1 fully saturated rings. The van der Waals surface area contributed by atoms with Crippen LogP contribution in [0.4, 0.5) is 24.7 Å². The molecule has 13 nitrogen and oxygen atoms in total. The lowest BCUT2D eigenvalue weighted by Crippen LogP contribution is -2.26. The number of carboxylic acids is 1. The Labute approximate surface area is 264 Å². The van der Waals surface area contributed by atoms with Crippen molar-refractivity contribution in [2.24, 2.45) is 0 Å². The fourth-order valence-electron chi connectivity index (χ4n) is 4.62. The van der Waals surface area contributed by atoms with Crippen LogP contribution < -0.4 is 24.2 Å². The standard InChI is InChI=1S/C30H23F3N6O7S/c1-44-28-20(12-35-30(38-28)45-2)14-5-21(33)26-22(6-14)34-13-24(47(42,43)39-17-3-4-17)27(26)37-25-11-19(10-23(36-25)29(40)41)46-18-8-15(31)7-16(32)9-18/h5-13,17,39H,3-4H2,1-2H3,(H,40,41)(H,34,36,37). The van der Waals surface area contributed by atoms with Crippen molar-refractivity contribution >= 4 is 38.4 Å². The molecule has 0 amide bonds. The molecule has 47 heavy (non-hydrogen) atoms. The van der Waals surface area contributed by atoms with Crippen LogP contribution in [0, 0.1) is 17.5 Å². The first-order valence-electron chi connectivity index (χ1n) is 13.7. The third kappa shape index (κ3) is 6.70. The number of sulfonamides is 1. The highest BCUT2D eigenvalue weighted by molar-refractivity contribution is 7.89. The van der Waals surface area contributed by atoms with Crippen molar-refractivity contribution in [2.45, 2.75) is 23.8 Å². The minimum absolute atomic E-state index is 0.00755. The molecule has 242 valence electrons. The number of nitrogens with one attached hydrogen (secondary N) is 2. The largest absolute Gasteiger partial charge is 0.480 e. The second-order valence-corrected chi connectivity index (χ2v) is 11.9. The number of nitrogens with zero attached hydrogens (tertiary/aromatic N) is 4. The molecular formula is C30H23F3N6O7S. The minimum atomic E-state index is -4.29. The fraction of sp³-hybridized carbons (Fsp3) is 0.167. The zero-order chi connectivity index (χ0) is 33.5. The first kappa shape index (κ1) is 31.4. The molecule has 17 heteroatoms. The zero-order valence-electron chi connectivity index (χ0n) is 24.4. The maximum atomic E-state index is 16.2. The number of rotatable bonds is 11. The molecule has 0 spiro atoms. The second-order valence-electron chi connectivity index (χ2n) is 10.2. The van der Waals surface area contributed by atoms with E-state index in [1.165, 1.54) is 26.5 Å². The molecule has 2 aromatic carbocycles. The van der Waals surface area contributed by atoms with Gasteiger partial charge in [0, 0.05) is 48.8 Å². The number of fused-ring (bicyclic) bond motifs is 1. The quantitative estimate of drug-likeness (QED) is 0.168. The summed E-state index contributed by atoms with van der Waals surface area (Å²) in [6.07, 6.45) is 3.59. The van der Waals surface area contributed by atoms with Crippen molar-refractivity contribution in [2.75, 3.05) is 19.5 Å². The molecule has 3 aromatic heterocycles. The Balaban J connectivity index is 1.50. The number of hydrogen-bond acceptors (Lipinski definition) is 11. The van der Waals surface area contributed by atoms with Crippen LogP contribution in [0.2, 0.25) is 0 Å². The van der Waals surface area contributed by atoms with E-state index in [0.717, 1.165) is 36.5 Å². The third-order valence-corrected chi connectivity index (χ3v) is 8.37. The van der Waals surface area contributed by atoms with Gasteiger partial charge in [0.1, 0.15) is 39.7 Å². The molecule has 0 bridgehead atoms. The predicted octanol–water partition coefficient (Wildman–Crippen LogP) is 5.20. The van der Waals surface area contributed by atoms with Gasteiger partial charge in [0.05, 0.1) is 36.4 Å². The summed E-state index contributed by atoms with van der Waals surface area (Å²) in [5.41, 5.74) is -0.377. The van der Waals surface area contributed by atoms with E-state index < -0.39 is 44.0 Å². The summed E-state index contributed by atoms with van der Waals surface area (Å²) < 4.78 is 89.0. The molecular weight excluding hydrogens is 645 g/mol. The number of methoxy groups -OCH3 is 2. The molecule has 0 unspecified atom stereocenters. The van der Waals surface area contributed by atoms with Crippen molar-refractivity contribution in [1.82, 2.24) is 24.7 Å². The molecule has 0 atom stereocenters. The molecule has 0 aliphatic heterocycles. The maximum absolute atomic E-state index is 16.2. The normalized spacial score (nSPS) is 13.0. The van der Waals surface area contributed by atoms with Gasteiger partial charge < -0.3 is 24.6 Å². The molecule has 3 N–H and O–H groups in total. The number of halogens is 3. The highest BCUT2D eigenvalue weighted by atomic mass is 32.2. The Kier molecular flexibility index (Phi) is 8.25. The lowest BCUT2D eigenvalue weighted by molar-refractivity contribution is 0.0690. The number of carbonyl (C=O) groups is 1. The topological polar surface area (TPSA) is 175 Å². The molecule has 3 heterocycles. The van der Waals surface area contributed by atoms with Gasteiger partial charge >= 0.3 is 12.0 Å². The maximum Gasteiger partial charge on any atom is 0.354 e. The van der Waals surface area contributed by atoms with Gasteiger partial charge in [-0.2, -0.15) is 4.98 Å². The average molecular weight is 669 g/mol. The first-order chi connectivity index (χ1) is 22.4. The number of ether oxygens (including phenoxy) is 3. The molecule has 1 aliphatic carbocycles. The Morgan fingerprint density at radius 1 is 0.915 bits per heavy atom. The van der Waals surface area contributed by atoms with E-state index in [4.69, 9.17) is 14.2 Å². The number of pyridine rings is 2. The Morgan fingerprint density at radius 2 is 1.64 bits per heavy atom. The van der Waals surface area contributed by atoms with Gasteiger partial charge in [-0.25, -0.2) is 41.1 Å². The van der Waals surface area contributed by atoms with Crippen LogP contribution in [-0.2, 0) is 10.0 Å². The number of carboxylic acid groups (broad SMARTS) is 1. The van der Waals surface area contributed by atoms with Crippen molar-refractivity contribution < 1.29 is 45.7 Å². The van der Waals surface area contributed by atoms with Crippen LogP contribution >= 0.6 is 0 Å². The molecule has 6 rings (SSSR count). The van der Waals surface area contributed by atoms with Crippen LogP contribution in [0.1, 0.15) is 23.3 Å². The highest BCUT2D eigenvalue weighted by Gasteiger charge is 2.31. The van der Waals surface area contributed by atoms with E-state index in [1.54, 1.807) is 0 Å². The van der Waals surface area contributed by atoms with Gasteiger partial charge in [0.2, 0.25) is 15.9 Å². The lowest BCUT2D eigenvalue weighted by Gasteiger charge is -2.17. The Bertz CT molecular complexity index is 2150. The third-order valence-electron chi connectivity index (χ3n) is 6.84. The van der Waals surface area contributed by atoms with Gasteiger partial charge in [-0.15, -0.1) is 0 Å². The summed E-state index contributed by atoms with van der Waals surface area (Å²) in [6, 6.07) is 6.75. The van der Waals surface area contributed by atoms with Crippen LogP contribution in [0.25, 0.3) is 22.0 Å². The van der Waals surface area contributed by atoms with E-state index in [9.17, 15) is 27.1 Å². The second kappa shape index (κ2) is 12.3. The fourth-order valence-corrected chi connectivity index (χ4v) is 6.03. The monoisotopic (exact) mass is 668 g/mol. The summed E-state index contributed by atoms with van der Waals surface area (Å²) in [5.74, 6) is -5.05. The molecule has 1 saturated carbocycles. The summed E-state index contributed by atoms with van der Waals surface area (Å²) in [5, 5.41) is 12.2. The van der Waals surface area contributed by atoms with Gasteiger partial charge in [-0.3, -0.25) is 4.98 Å². The summed E-state index contributed by atoms with van der Waals surface area (Å²) in [4.78, 5) is 27.9. The molecule has 0 radical (unpaired) electrons. The lowest BCUT2D eigenvalue weighted by atomic mass is 10.0. The molecule has 1 aliphatic rings. The van der Waals surface area contributed by atoms with Crippen molar-refractivity contribution in [3.05, 3.63) is 78.0 Å². The van der Waals surface area contributed by atoms with Crippen LogP contribution in [0.3, 0.4) is 0 Å². The number of anilines is 2. The summed E-state index contributed by atoms with van der Waals surface area (Å²) in [7, 11) is -1.57. The number of hydrogen-bond donors (Lipinski definition) is 3. The first-order valence-corrected chi connectivity index (χ1v) is 15.2. The Morgan fingerprint density at radius 3 is 2.30 bits per heavy atom. The van der Waals surface area contributed by atoms with Crippen LogP contribution in [0.15, 0.2) is 59.8 Å². The molecule has 5 aromatic rings. The predicted molar refractivity (Wildman–Crippen MR) is 160 cm³/mol. The minimum Gasteiger partial charge on any atom is -0.480 e. The summed E-state index contributed by atoms with van der Waals surface area (Å²) in [6.45, 7) is 0. The molecule has 0 saturated heterocycles. The smallest absolute Gasteiger partial charge is 0.354 e. The van der Waals surface area contributed by atoms with Crippen LogP contribution in [-0.4, -0.2) is 59.7 Å². The van der Waals surface area contributed by atoms with Crippen molar-refractivity contribution in [3.8, 4) is 34.5 Å². The number of aromatic carboxylic acids is 1. The number of benzene rings is 2. The van der Waals surface area contributed by atoms with E-state index >= 15 is 4.39 Å². The van der Waals surface area contributed by atoms with Gasteiger partial charge in [0.25, 0.3) is 0 Å². The SMILES string of the molecule is COc1ncc(-c2cc(F)c3c(Nc4cc(Oc5cc(F)cc(F)c5)cc(C(=O)O)n4)c(S(=O)(=O)NC4CC4)cnc3c2)c(OC)n1. The Hall–Kier alpha value is -5.55. The van der Waals surface area contributed by atoms with E-state index in [2.05, 4.69) is 30.0 Å². The van der Waals surface area contributed by atoms with E-state index in [1.807, 2.05) is 0 Å². The van der Waals surface area contributed by atoms with E-state index in [0.29, 0.717) is 18.9 Å².